The predicted molar refractivity (Wildman–Crippen MR) is 67.0 cm³/mol. The average molecular weight is 239 g/mol. The molecule has 18 heavy (non-hydrogen) atoms. The van der Waals surface area contributed by atoms with Crippen LogP contribution in [-0.2, 0) is 4.74 Å². The van der Waals surface area contributed by atoms with Crippen molar-refractivity contribution >= 4 is 0 Å². The van der Waals surface area contributed by atoms with Crippen molar-refractivity contribution in [2.24, 2.45) is 0 Å². The maximum Gasteiger partial charge on any atom is 0.136 e. The zero-order chi connectivity index (χ0) is 12.8. The first kappa shape index (κ1) is 12.2. The first-order valence-electron chi connectivity index (χ1n) is 5.79. The first-order chi connectivity index (χ1) is 8.85. The highest BCUT2D eigenvalue weighted by molar-refractivity contribution is 5.52. The van der Waals surface area contributed by atoms with Crippen LogP contribution in [0.3, 0.4) is 0 Å². The summed E-state index contributed by atoms with van der Waals surface area (Å²) in [6.45, 7) is 3.21. The smallest absolute Gasteiger partial charge is 0.136 e. The van der Waals surface area contributed by atoms with Crippen LogP contribution in [0, 0.1) is 22.7 Å². The molecule has 0 N–H and O–H groups in total. The molecule has 4 heteroatoms. The van der Waals surface area contributed by atoms with Gasteiger partial charge in [0.05, 0.1) is 13.2 Å². The third-order valence-electron chi connectivity index (χ3n) is 2.86. The van der Waals surface area contributed by atoms with Gasteiger partial charge in [-0.05, 0) is 12.2 Å². The molecule has 1 aliphatic heterocycles. The minimum atomic E-state index is 0.138. The first-order valence-corrected chi connectivity index (χ1v) is 5.79. The molecular formula is C14H13N3O. The molecule has 1 heterocycles. The molecule has 0 atom stereocenters. The number of nitrogens with zero attached hydrogens (tertiary/aromatic N) is 3. The van der Waals surface area contributed by atoms with Crippen LogP contribution in [0.25, 0.3) is 0 Å². The highest BCUT2D eigenvalue weighted by Gasteiger charge is 2.12. The Morgan fingerprint density at radius 2 is 1.83 bits per heavy atom. The molecular weight excluding hydrogens is 226 g/mol. The molecule has 0 bridgehead atoms. The lowest BCUT2D eigenvalue weighted by Gasteiger charge is -2.29. The Morgan fingerprint density at radius 3 is 2.50 bits per heavy atom. The summed E-state index contributed by atoms with van der Waals surface area (Å²) in [5.41, 5.74) is 1.87. The van der Waals surface area contributed by atoms with Gasteiger partial charge in [0.15, 0.2) is 0 Å². The average Bonchev–Trinajstić information content (AvgIpc) is 2.67. The largest absolute Gasteiger partial charge is 0.378 e. The Kier molecular flexibility index (Phi) is 3.96. The molecule has 0 aromatic carbocycles. The van der Waals surface area contributed by atoms with Crippen LogP contribution < -0.4 is 0 Å². The van der Waals surface area contributed by atoms with Crippen molar-refractivity contribution in [3.8, 4) is 12.1 Å². The fourth-order valence-corrected chi connectivity index (χ4v) is 1.89. The van der Waals surface area contributed by atoms with Crippen LogP contribution in [0.1, 0.15) is 0 Å². The van der Waals surface area contributed by atoms with E-state index in [9.17, 15) is 0 Å². The van der Waals surface area contributed by atoms with Crippen LogP contribution in [0.15, 0.2) is 47.2 Å². The van der Waals surface area contributed by atoms with Crippen LogP contribution in [0.2, 0.25) is 0 Å². The lowest BCUT2D eigenvalue weighted by Crippen LogP contribution is -2.35. The summed E-state index contributed by atoms with van der Waals surface area (Å²) in [6, 6.07) is 3.81. The van der Waals surface area contributed by atoms with Crippen molar-refractivity contribution in [3.05, 3.63) is 47.2 Å². The second-order valence-corrected chi connectivity index (χ2v) is 3.94. The van der Waals surface area contributed by atoms with Crippen LogP contribution >= 0.6 is 0 Å². The van der Waals surface area contributed by atoms with Gasteiger partial charge in [0.25, 0.3) is 0 Å². The van der Waals surface area contributed by atoms with Crippen molar-refractivity contribution in [2.45, 2.75) is 0 Å². The molecule has 0 unspecified atom stereocenters. The molecule has 0 saturated carbocycles. The molecule has 0 radical (unpaired) electrons. The Labute approximate surface area is 106 Å². The molecule has 1 saturated heterocycles. The summed E-state index contributed by atoms with van der Waals surface area (Å²) in [5.74, 6) is 0. The van der Waals surface area contributed by atoms with Gasteiger partial charge in [-0.15, -0.1) is 0 Å². The highest BCUT2D eigenvalue weighted by Crippen LogP contribution is 2.16. The zero-order valence-corrected chi connectivity index (χ0v) is 9.97. The van der Waals surface area contributed by atoms with Crippen molar-refractivity contribution < 1.29 is 4.74 Å². The third-order valence-corrected chi connectivity index (χ3v) is 2.86. The lowest BCUT2D eigenvalue weighted by molar-refractivity contribution is 0.0554. The number of morpholine rings is 1. The van der Waals surface area contributed by atoms with Gasteiger partial charge in [0, 0.05) is 24.4 Å². The van der Waals surface area contributed by atoms with E-state index in [1.54, 1.807) is 6.08 Å². The monoisotopic (exact) mass is 239 g/mol. The number of hydrogen-bond donors (Lipinski definition) is 0. The second kappa shape index (κ2) is 5.86. The Hall–Kier alpha value is -2.30. The molecule has 90 valence electrons. The van der Waals surface area contributed by atoms with E-state index in [4.69, 9.17) is 15.3 Å². The fourth-order valence-electron chi connectivity index (χ4n) is 1.89. The predicted octanol–water partition coefficient (Wildman–Crippen LogP) is 1.67. The van der Waals surface area contributed by atoms with Crippen molar-refractivity contribution in [2.75, 3.05) is 26.3 Å². The maximum absolute atomic E-state index is 8.84. The minimum Gasteiger partial charge on any atom is -0.378 e. The molecule has 0 amide bonds. The number of nitriles is 2. The van der Waals surface area contributed by atoms with Gasteiger partial charge in [-0.2, -0.15) is 10.5 Å². The summed E-state index contributed by atoms with van der Waals surface area (Å²) >= 11 is 0. The van der Waals surface area contributed by atoms with E-state index >= 15 is 0 Å². The lowest BCUT2D eigenvalue weighted by atomic mass is 10.1. The molecule has 0 aromatic heterocycles. The Bertz CT molecular complexity index is 504. The number of ether oxygens (including phenoxy) is 1. The topological polar surface area (TPSA) is 60.0 Å². The number of allylic oxidation sites excluding steroid dienone is 7. The fraction of sp³-hybridized carbons (Fsp3) is 0.286. The standard InChI is InChI=1S/C14H13N3O/c15-10-13(11-16)12-2-1-3-14(5-4-12)17-6-8-18-9-7-17/h1-5H,6-9H2. The van der Waals surface area contributed by atoms with Gasteiger partial charge >= 0.3 is 0 Å². The highest BCUT2D eigenvalue weighted by atomic mass is 16.5. The van der Waals surface area contributed by atoms with E-state index in [-0.39, 0.29) is 5.57 Å². The summed E-state index contributed by atoms with van der Waals surface area (Å²) < 4.78 is 5.31. The van der Waals surface area contributed by atoms with Gasteiger partial charge in [0.2, 0.25) is 0 Å². The molecule has 2 rings (SSSR count). The molecule has 4 nitrogen and oxygen atoms in total. The summed E-state index contributed by atoms with van der Waals surface area (Å²) in [5, 5.41) is 17.7. The molecule has 1 aliphatic carbocycles. The number of rotatable bonds is 1. The van der Waals surface area contributed by atoms with Crippen molar-refractivity contribution in [1.82, 2.24) is 4.90 Å². The van der Waals surface area contributed by atoms with Crippen LogP contribution in [0.4, 0.5) is 0 Å². The normalized spacial score (nSPS) is 18.7. The third kappa shape index (κ3) is 2.68. The SMILES string of the molecule is N#CC(C#N)=C1C=CC=C(N2CCOCC2)C=C1. The molecule has 1 fully saturated rings. The summed E-state index contributed by atoms with van der Waals surface area (Å²) in [4.78, 5) is 2.23. The van der Waals surface area contributed by atoms with E-state index in [1.807, 2.05) is 36.4 Å². The summed E-state index contributed by atoms with van der Waals surface area (Å²) in [7, 11) is 0. The van der Waals surface area contributed by atoms with Gasteiger partial charge in [0.1, 0.15) is 17.7 Å². The molecule has 0 aromatic rings. The molecule has 2 aliphatic rings. The van der Waals surface area contributed by atoms with E-state index in [0.717, 1.165) is 32.0 Å². The van der Waals surface area contributed by atoms with Gasteiger partial charge < -0.3 is 9.64 Å². The number of hydrogen-bond acceptors (Lipinski definition) is 4. The van der Waals surface area contributed by atoms with E-state index in [2.05, 4.69) is 4.90 Å². The van der Waals surface area contributed by atoms with Gasteiger partial charge in [-0.1, -0.05) is 18.2 Å². The Balaban J connectivity index is 2.20. The van der Waals surface area contributed by atoms with Gasteiger partial charge in [-0.3, -0.25) is 0 Å². The van der Waals surface area contributed by atoms with Gasteiger partial charge in [-0.25, -0.2) is 0 Å². The zero-order valence-electron chi connectivity index (χ0n) is 9.97. The van der Waals surface area contributed by atoms with E-state index in [1.165, 1.54) is 0 Å². The van der Waals surface area contributed by atoms with Crippen LogP contribution in [-0.4, -0.2) is 31.2 Å². The van der Waals surface area contributed by atoms with Crippen LogP contribution in [0.5, 0.6) is 0 Å². The quantitative estimate of drug-likeness (QED) is 0.653. The second-order valence-electron chi connectivity index (χ2n) is 3.94. The maximum atomic E-state index is 8.84. The van der Waals surface area contributed by atoms with Crippen molar-refractivity contribution in [3.63, 3.8) is 0 Å². The van der Waals surface area contributed by atoms with Crippen molar-refractivity contribution in [1.29, 1.82) is 10.5 Å². The molecule has 0 spiro atoms. The Morgan fingerprint density at radius 1 is 1.11 bits per heavy atom. The van der Waals surface area contributed by atoms with E-state index < -0.39 is 0 Å². The van der Waals surface area contributed by atoms with E-state index in [0.29, 0.717) is 5.57 Å². The summed E-state index contributed by atoms with van der Waals surface area (Å²) in [6.07, 6.45) is 9.39. The minimum absolute atomic E-state index is 0.138.